The molecule has 1 aromatic heterocycles. The summed E-state index contributed by atoms with van der Waals surface area (Å²) in [4.78, 5) is 10.1. The predicted octanol–water partition coefficient (Wildman–Crippen LogP) is 1.51. The van der Waals surface area contributed by atoms with E-state index in [2.05, 4.69) is 0 Å². The van der Waals surface area contributed by atoms with Crippen LogP contribution in [0.25, 0.3) is 0 Å². The normalized spacial score (nSPS) is 9.70. The third kappa shape index (κ3) is 1.54. The Labute approximate surface area is 60.9 Å². The van der Waals surface area contributed by atoms with Crippen molar-refractivity contribution in [3.63, 3.8) is 0 Å². The van der Waals surface area contributed by atoms with Gasteiger partial charge in [0.05, 0.1) is 6.42 Å². The van der Waals surface area contributed by atoms with Crippen LogP contribution in [-0.2, 0) is 11.2 Å². The van der Waals surface area contributed by atoms with Crippen molar-refractivity contribution in [2.24, 2.45) is 0 Å². The zero-order valence-corrected chi connectivity index (χ0v) is 5.82. The van der Waals surface area contributed by atoms with Crippen LogP contribution in [0.1, 0.15) is 5.56 Å². The predicted molar refractivity (Wildman–Crippen MR) is 35.6 cm³/mol. The maximum atomic E-state index is 12.5. The first-order chi connectivity index (χ1) is 4.70. The Balaban J connectivity index is 2.74. The minimum absolute atomic E-state index is 0.227. The summed E-state index contributed by atoms with van der Waals surface area (Å²) < 4.78 is 12.5. The van der Waals surface area contributed by atoms with E-state index in [4.69, 9.17) is 5.11 Å². The van der Waals surface area contributed by atoms with Crippen molar-refractivity contribution in [1.29, 1.82) is 0 Å². The fraction of sp³-hybridized carbons (Fsp3) is 0.167. The monoisotopic (exact) mass is 160 g/mol. The highest BCUT2D eigenvalue weighted by Crippen LogP contribution is 2.12. The molecule has 0 saturated heterocycles. The quantitative estimate of drug-likeness (QED) is 0.712. The lowest BCUT2D eigenvalue weighted by atomic mass is 10.2. The van der Waals surface area contributed by atoms with Crippen molar-refractivity contribution < 1.29 is 14.3 Å². The van der Waals surface area contributed by atoms with Crippen LogP contribution in [0.4, 0.5) is 4.39 Å². The zero-order chi connectivity index (χ0) is 7.56. The van der Waals surface area contributed by atoms with Crippen LogP contribution in [0.3, 0.4) is 0 Å². The summed E-state index contributed by atoms with van der Waals surface area (Å²) in [6, 6.07) is 0. The zero-order valence-electron chi connectivity index (χ0n) is 5.00. The molecule has 1 N–H and O–H groups in total. The first-order valence-corrected chi connectivity index (χ1v) is 3.57. The lowest BCUT2D eigenvalue weighted by Gasteiger charge is -1.88. The summed E-state index contributed by atoms with van der Waals surface area (Å²) in [5.41, 5.74) is 0.262. The number of carboxylic acid groups (broad SMARTS) is 1. The van der Waals surface area contributed by atoms with Gasteiger partial charge in [0.15, 0.2) is 0 Å². The number of rotatable bonds is 2. The van der Waals surface area contributed by atoms with Crippen molar-refractivity contribution in [2.45, 2.75) is 6.42 Å². The highest BCUT2D eigenvalue weighted by Gasteiger charge is 2.06. The van der Waals surface area contributed by atoms with E-state index in [1.165, 1.54) is 22.1 Å². The molecular formula is C6H5FO2S. The van der Waals surface area contributed by atoms with Gasteiger partial charge in [0.2, 0.25) is 0 Å². The molecule has 1 rings (SSSR count). The summed E-state index contributed by atoms with van der Waals surface area (Å²) in [6.45, 7) is 0. The maximum Gasteiger partial charge on any atom is 0.307 e. The van der Waals surface area contributed by atoms with E-state index >= 15 is 0 Å². The number of hydrogen-bond donors (Lipinski definition) is 1. The number of carboxylic acids is 1. The van der Waals surface area contributed by atoms with E-state index < -0.39 is 11.8 Å². The molecule has 0 atom stereocenters. The Morgan fingerprint density at radius 2 is 2.40 bits per heavy atom. The minimum Gasteiger partial charge on any atom is -0.481 e. The van der Waals surface area contributed by atoms with E-state index in [9.17, 15) is 9.18 Å². The Morgan fingerprint density at radius 3 is 2.80 bits per heavy atom. The molecule has 0 aliphatic carbocycles. The molecule has 1 aromatic rings. The van der Waals surface area contributed by atoms with Gasteiger partial charge < -0.3 is 5.11 Å². The van der Waals surface area contributed by atoms with Crippen LogP contribution < -0.4 is 0 Å². The number of thiophene rings is 1. The average Bonchev–Trinajstić information content (AvgIpc) is 2.15. The highest BCUT2D eigenvalue weighted by atomic mass is 32.1. The van der Waals surface area contributed by atoms with E-state index in [-0.39, 0.29) is 12.0 Å². The van der Waals surface area contributed by atoms with Gasteiger partial charge in [-0.15, -0.1) is 11.3 Å². The molecule has 54 valence electrons. The van der Waals surface area contributed by atoms with Crippen molar-refractivity contribution in [1.82, 2.24) is 0 Å². The topological polar surface area (TPSA) is 37.3 Å². The van der Waals surface area contributed by atoms with Crippen LogP contribution in [0, 0.1) is 5.82 Å². The summed E-state index contributed by atoms with van der Waals surface area (Å²) in [6.07, 6.45) is -0.227. The van der Waals surface area contributed by atoms with E-state index in [1.54, 1.807) is 0 Å². The van der Waals surface area contributed by atoms with Crippen LogP contribution in [0.15, 0.2) is 10.8 Å². The van der Waals surface area contributed by atoms with Gasteiger partial charge in [-0.05, 0) is 5.38 Å². The fourth-order valence-corrected chi connectivity index (χ4v) is 1.30. The molecule has 4 heteroatoms. The van der Waals surface area contributed by atoms with E-state index in [0.717, 1.165) is 0 Å². The molecule has 0 spiro atoms. The summed E-state index contributed by atoms with van der Waals surface area (Å²) >= 11 is 1.17. The Hall–Kier alpha value is -0.900. The molecule has 0 bridgehead atoms. The van der Waals surface area contributed by atoms with Gasteiger partial charge in [-0.3, -0.25) is 4.79 Å². The first-order valence-electron chi connectivity index (χ1n) is 2.62. The summed E-state index contributed by atoms with van der Waals surface area (Å²) in [5, 5.41) is 11.0. The van der Waals surface area contributed by atoms with Gasteiger partial charge in [0.25, 0.3) is 0 Å². The van der Waals surface area contributed by atoms with Crippen molar-refractivity contribution >= 4 is 17.3 Å². The van der Waals surface area contributed by atoms with Gasteiger partial charge in [-0.25, -0.2) is 4.39 Å². The largest absolute Gasteiger partial charge is 0.481 e. The number of carbonyl (C=O) groups is 1. The van der Waals surface area contributed by atoms with Gasteiger partial charge >= 0.3 is 5.97 Å². The third-order valence-electron chi connectivity index (χ3n) is 1.03. The molecule has 0 unspecified atom stereocenters. The average molecular weight is 160 g/mol. The molecule has 1 heterocycles. The van der Waals surface area contributed by atoms with Crippen molar-refractivity contribution in [2.75, 3.05) is 0 Å². The Morgan fingerprint density at radius 1 is 1.70 bits per heavy atom. The second-order valence-electron chi connectivity index (χ2n) is 1.82. The minimum atomic E-state index is -1.00. The molecule has 0 amide bonds. The molecule has 0 aromatic carbocycles. The molecule has 10 heavy (non-hydrogen) atoms. The molecular weight excluding hydrogens is 155 g/mol. The molecule has 0 fully saturated rings. The van der Waals surface area contributed by atoms with Crippen molar-refractivity contribution in [3.05, 3.63) is 22.1 Å². The second-order valence-corrected chi connectivity index (χ2v) is 2.56. The second kappa shape index (κ2) is 2.79. The van der Waals surface area contributed by atoms with Crippen LogP contribution in [0.5, 0.6) is 0 Å². The number of halogens is 1. The lowest BCUT2D eigenvalue weighted by Crippen LogP contribution is -1.99. The molecule has 0 radical (unpaired) electrons. The highest BCUT2D eigenvalue weighted by molar-refractivity contribution is 7.08. The molecule has 0 aliphatic heterocycles. The first kappa shape index (κ1) is 7.21. The van der Waals surface area contributed by atoms with Gasteiger partial charge in [-0.2, -0.15) is 0 Å². The molecule has 0 saturated carbocycles. The van der Waals surface area contributed by atoms with E-state index in [0.29, 0.717) is 0 Å². The Bertz CT molecular complexity index is 244. The SMILES string of the molecule is O=C(O)Cc1cscc1F. The summed E-state index contributed by atoms with van der Waals surface area (Å²) in [7, 11) is 0. The van der Waals surface area contributed by atoms with Gasteiger partial charge in [0, 0.05) is 10.9 Å². The summed E-state index contributed by atoms with van der Waals surface area (Å²) in [5.74, 6) is -1.43. The number of hydrogen-bond acceptors (Lipinski definition) is 2. The number of aliphatic carboxylic acids is 1. The maximum absolute atomic E-state index is 12.5. The molecule has 0 aliphatic rings. The van der Waals surface area contributed by atoms with Crippen molar-refractivity contribution in [3.8, 4) is 0 Å². The van der Waals surface area contributed by atoms with Crippen LogP contribution in [0.2, 0.25) is 0 Å². The van der Waals surface area contributed by atoms with Crippen LogP contribution in [-0.4, -0.2) is 11.1 Å². The van der Waals surface area contributed by atoms with Gasteiger partial charge in [0.1, 0.15) is 5.82 Å². The Kier molecular flexibility index (Phi) is 2.01. The standard InChI is InChI=1S/C6H5FO2S/c7-5-3-10-2-4(5)1-6(8)9/h2-3H,1H2,(H,8,9). The lowest BCUT2D eigenvalue weighted by molar-refractivity contribution is -0.136. The van der Waals surface area contributed by atoms with Crippen LogP contribution >= 0.6 is 11.3 Å². The van der Waals surface area contributed by atoms with Gasteiger partial charge in [-0.1, -0.05) is 0 Å². The third-order valence-corrected chi connectivity index (χ3v) is 1.79. The smallest absolute Gasteiger partial charge is 0.307 e. The fourth-order valence-electron chi connectivity index (χ4n) is 0.597. The van der Waals surface area contributed by atoms with E-state index in [1.807, 2.05) is 0 Å². The molecule has 2 nitrogen and oxygen atoms in total.